The van der Waals surface area contributed by atoms with E-state index in [2.05, 4.69) is 19.8 Å². The summed E-state index contributed by atoms with van der Waals surface area (Å²) in [5.74, 6) is 0.941. The highest BCUT2D eigenvalue weighted by Crippen LogP contribution is 2.37. The van der Waals surface area contributed by atoms with Gasteiger partial charge in [0.15, 0.2) is 0 Å². The standard InChI is InChI=1S/C23H24ClFN4O/c24-17-3-6-22(26-14-17)29-9-7-28(8-10-29)19-5-2-16(11-19)21-12-15-1-4-18(25)13-20(15)23(30)27-21/h1,3-4,6,12-14,16,19H,2,5,7-11H2,(H,27,30)/t16-,19-/m1/s1. The van der Waals surface area contributed by atoms with Crippen LogP contribution in [0.2, 0.25) is 5.02 Å². The van der Waals surface area contributed by atoms with Crippen molar-refractivity contribution in [2.45, 2.75) is 31.2 Å². The van der Waals surface area contributed by atoms with E-state index >= 15 is 0 Å². The van der Waals surface area contributed by atoms with Crippen molar-refractivity contribution in [2.24, 2.45) is 0 Å². The van der Waals surface area contributed by atoms with E-state index in [4.69, 9.17) is 11.6 Å². The van der Waals surface area contributed by atoms with Crippen molar-refractivity contribution in [1.82, 2.24) is 14.9 Å². The zero-order valence-corrected chi connectivity index (χ0v) is 17.4. The van der Waals surface area contributed by atoms with Crippen molar-refractivity contribution in [1.29, 1.82) is 0 Å². The van der Waals surface area contributed by atoms with Gasteiger partial charge in [-0.2, -0.15) is 0 Å². The van der Waals surface area contributed by atoms with Crippen LogP contribution in [0.5, 0.6) is 0 Å². The number of nitrogens with one attached hydrogen (secondary N) is 1. The fourth-order valence-electron chi connectivity index (χ4n) is 4.92. The first kappa shape index (κ1) is 19.5. The van der Waals surface area contributed by atoms with Gasteiger partial charge in [-0.1, -0.05) is 17.7 Å². The fourth-order valence-corrected chi connectivity index (χ4v) is 5.03. The normalized spacial score (nSPS) is 22.7. The molecule has 5 rings (SSSR count). The molecule has 30 heavy (non-hydrogen) atoms. The molecule has 1 saturated carbocycles. The molecule has 1 saturated heterocycles. The van der Waals surface area contributed by atoms with E-state index in [1.807, 2.05) is 18.2 Å². The number of nitrogens with zero attached hydrogens (tertiary/aromatic N) is 3. The van der Waals surface area contributed by atoms with E-state index in [-0.39, 0.29) is 11.4 Å². The molecule has 5 nitrogen and oxygen atoms in total. The minimum Gasteiger partial charge on any atom is -0.354 e. The Morgan fingerprint density at radius 3 is 2.67 bits per heavy atom. The lowest BCUT2D eigenvalue weighted by Crippen LogP contribution is -2.50. The summed E-state index contributed by atoms with van der Waals surface area (Å²) in [5, 5.41) is 1.88. The van der Waals surface area contributed by atoms with Crippen LogP contribution in [0, 0.1) is 5.82 Å². The molecular formula is C23H24ClFN4O. The predicted octanol–water partition coefficient (Wildman–Crippen LogP) is 4.17. The third kappa shape index (κ3) is 3.82. The largest absolute Gasteiger partial charge is 0.354 e. The monoisotopic (exact) mass is 426 g/mol. The molecule has 2 fully saturated rings. The molecule has 1 aromatic carbocycles. The van der Waals surface area contributed by atoms with E-state index in [0.29, 0.717) is 22.4 Å². The van der Waals surface area contributed by atoms with Crippen molar-refractivity contribution in [3.8, 4) is 0 Å². The summed E-state index contributed by atoms with van der Waals surface area (Å²) in [7, 11) is 0. The Morgan fingerprint density at radius 2 is 1.90 bits per heavy atom. The van der Waals surface area contributed by atoms with Crippen LogP contribution in [0.3, 0.4) is 0 Å². The smallest absolute Gasteiger partial charge is 0.256 e. The number of hydrogen-bond acceptors (Lipinski definition) is 4. The molecule has 2 atom stereocenters. The number of piperazine rings is 1. The van der Waals surface area contributed by atoms with E-state index in [9.17, 15) is 9.18 Å². The third-order valence-corrected chi connectivity index (χ3v) is 6.76. The fraction of sp³-hybridized carbons (Fsp3) is 0.391. The Morgan fingerprint density at radius 1 is 1.07 bits per heavy atom. The Hall–Kier alpha value is -2.44. The van der Waals surface area contributed by atoms with Crippen molar-refractivity contribution < 1.29 is 4.39 Å². The van der Waals surface area contributed by atoms with Gasteiger partial charge in [0.2, 0.25) is 0 Å². The minimum absolute atomic E-state index is 0.200. The molecule has 0 amide bonds. The SMILES string of the molecule is O=c1[nH]c([C@@H]2CC[C@@H](N3CCN(c4ccc(Cl)cn4)CC3)C2)cc2ccc(F)cc12. The first-order valence-corrected chi connectivity index (χ1v) is 10.9. The molecule has 2 aliphatic rings. The molecule has 0 unspecified atom stereocenters. The average molecular weight is 427 g/mol. The third-order valence-electron chi connectivity index (χ3n) is 6.54. The first-order valence-electron chi connectivity index (χ1n) is 10.5. The number of anilines is 1. The van der Waals surface area contributed by atoms with Gasteiger partial charge in [0.1, 0.15) is 11.6 Å². The molecule has 156 valence electrons. The molecule has 0 bridgehead atoms. The van der Waals surface area contributed by atoms with Gasteiger partial charge in [-0.15, -0.1) is 0 Å². The zero-order valence-electron chi connectivity index (χ0n) is 16.7. The van der Waals surface area contributed by atoms with Gasteiger partial charge < -0.3 is 9.88 Å². The van der Waals surface area contributed by atoms with Gasteiger partial charge in [-0.05, 0) is 55.0 Å². The van der Waals surface area contributed by atoms with Crippen LogP contribution in [-0.4, -0.2) is 47.1 Å². The number of H-pyrrole nitrogens is 1. The van der Waals surface area contributed by atoms with Crippen LogP contribution in [-0.2, 0) is 0 Å². The predicted molar refractivity (Wildman–Crippen MR) is 118 cm³/mol. The molecular weight excluding hydrogens is 403 g/mol. The molecule has 0 radical (unpaired) electrons. The number of aromatic nitrogens is 2. The van der Waals surface area contributed by atoms with Crippen LogP contribution in [0.1, 0.15) is 30.9 Å². The molecule has 3 heterocycles. The lowest BCUT2D eigenvalue weighted by atomic mass is 10.0. The summed E-state index contributed by atoms with van der Waals surface area (Å²) < 4.78 is 13.5. The van der Waals surface area contributed by atoms with Crippen molar-refractivity contribution in [2.75, 3.05) is 31.1 Å². The van der Waals surface area contributed by atoms with E-state index in [1.165, 1.54) is 12.1 Å². The molecule has 1 aliphatic heterocycles. The molecule has 2 aromatic heterocycles. The number of fused-ring (bicyclic) bond motifs is 1. The summed E-state index contributed by atoms with van der Waals surface area (Å²) in [6.45, 7) is 3.92. The Labute approximate surface area is 179 Å². The van der Waals surface area contributed by atoms with Crippen molar-refractivity contribution in [3.63, 3.8) is 0 Å². The van der Waals surface area contributed by atoms with Crippen molar-refractivity contribution >= 4 is 28.2 Å². The molecule has 0 spiro atoms. The van der Waals surface area contributed by atoms with Crippen molar-refractivity contribution in [3.05, 3.63) is 69.5 Å². The lowest BCUT2D eigenvalue weighted by Gasteiger charge is -2.38. The number of aromatic amines is 1. The summed E-state index contributed by atoms with van der Waals surface area (Å²) in [6.07, 6.45) is 4.94. The van der Waals surface area contributed by atoms with Gasteiger partial charge in [-0.3, -0.25) is 9.69 Å². The second-order valence-electron chi connectivity index (χ2n) is 8.31. The highest BCUT2D eigenvalue weighted by molar-refractivity contribution is 6.30. The number of halogens is 2. The highest BCUT2D eigenvalue weighted by Gasteiger charge is 2.32. The van der Waals surface area contributed by atoms with E-state index in [1.54, 1.807) is 12.3 Å². The summed E-state index contributed by atoms with van der Waals surface area (Å²) >= 11 is 5.94. The average Bonchev–Trinajstić information content (AvgIpc) is 3.25. The molecule has 1 N–H and O–H groups in total. The summed E-state index contributed by atoms with van der Waals surface area (Å²) in [5.41, 5.74) is 0.778. The van der Waals surface area contributed by atoms with E-state index < -0.39 is 0 Å². The van der Waals surface area contributed by atoms with Crippen LogP contribution in [0.4, 0.5) is 10.2 Å². The topological polar surface area (TPSA) is 52.2 Å². The molecule has 1 aliphatic carbocycles. The second kappa shape index (κ2) is 8.00. The number of benzene rings is 1. The zero-order chi connectivity index (χ0) is 20.7. The number of hydrogen-bond donors (Lipinski definition) is 1. The lowest BCUT2D eigenvalue weighted by molar-refractivity contribution is 0.186. The maximum atomic E-state index is 13.5. The van der Waals surface area contributed by atoms with E-state index in [0.717, 1.165) is 62.3 Å². The van der Waals surface area contributed by atoms with Crippen LogP contribution >= 0.6 is 11.6 Å². The van der Waals surface area contributed by atoms with Gasteiger partial charge in [0.05, 0.1) is 5.02 Å². The quantitative estimate of drug-likeness (QED) is 0.682. The van der Waals surface area contributed by atoms with Gasteiger partial charge >= 0.3 is 0 Å². The van der Waals surface area contributed by atoms with Gasteiger partial charge in [0.25, 0.3) is 5.56 Å². The number of rotatable bonds is 3. The summed E-state index contributed by atoms with van der Waals surface area (Å²) in [4.78, 5) is 24.7. The Balaban J connectivity index is 1.24. The maximum absolute atomic E-state index is 13.5. The molecule has 3 aromatic rings. The first-order chi connectivity index (χ1) is 14.6. The van der Waals surface area contributed by atoms with Crippen LogP contribution < -0.4 is 10.5 Å². The number of pyridine rings is 2. The summed E-state index contributed by atoms with van der Waals surface area (Å²) in [6, 6.07) is 10.8. The highest BCUT2D eigenvalue weighted by atomic mass is 35.5. The van der Waals surface area contributed by atoms with Gasteiger partial charge in [0, 0.05) is 55.4 Å². The Bertz CT molecular complexity index is 1110. The Kier molecular flexibility index (Phi) is 5.21. The second-order valence-corrected chi connectivity index (χ2v) is 8.74. The maximum Gasteiger partial charge on any atom is 0.256 e. The van der Waals surface area contributed by atoms with Crippen LogP contribution in [0.25, 0.3) is 10.8 Å². The molecule has 7 heteroatoms. The minimum atomic E-state index is -0.380. The van der Waals surface area contributed by atoms with Crippen LogP contribution in [0.15, 0.2) is 47.4 Å². The van der Waals surface area contributed by atoms with Gasteiger partial charge in [-0.25, -0.2) is 9.37 Å².